The lowest BCUT2D eigenvalue weighted by Gasteiger charge is -2.41. The van der Waals surface area contributed by atoms with Gasteiger partial charge in [-0.15, -0.1) is 0 Å². The number of urea groups is 1. The van der Waals surface area contributed by atoms with Crippen molar-refractivity contribution in [2.75, 3.05) is 25.1 Å². The van der Waals surface area contributed by atoms with Crippen LogP contribution in [0.15, 0.2) is 24.3 Å². The predicted octanol–water partition coefficient (Wildman–Crippen LogP) is 2.73. The molecule has 1 heterocycles. The lowest BCUT2D eigenvalue weighted by atomic mass is 10.1. The van der Waals surface area contributed by atoms with E-state index in [0.717, 1.165) is 0 Å². The van der Waals surface area contributed by atoms with Crippen LogP contribution in [0.1, 0.15) is 38.1 Å². The molecular formula is C16H23N3O3. The fourth-order valence-electron chi connectivity index (χ4n) is 2.44. The summed E-state index contributed by atoms with van der Waals surface area (Å²) < 4.78 is 5.34. The SMILES string of the molecule is CCOCCN1C(=O)Nc2ccccc2C(=O)N1C(C)(C)C. The quantitative estimate of drug-likeness (QED) is 0.870. The van der Waals surface area contributed by atoms with Crippen LogP contribution in [-0.2, 0) is 4.74 Å². The fraction of sp³-hybridized carbons (Fsp3) is 0.500. The normalized spacial score (nSPS) is 15.5. The van der Waals surface area contributed by atoms with Gasteiger partial charge in [-0.05, 0) is 39.8 Å². The summed E-state index contributed by atoms with van der Waals surface area (Å²) in [6, 6.07) is 6.72. The molecule has 6 heteroatoms. The van der Waals surface area contributed by atoms with Crippen LogP contribution < -0.4 is 5.32 Å². The molecule has 0 aromatic heterocycles. The van der Waals surface area contributed by atoms with Gasteiger partial charge in [-0.1, -0.05) is 12.1 Å². The number of nitrogens with one attached hydrogen (secondary N) is 1. The van der Waals surface area contributed by atoms with E-state index in [2.05, 4.69) is 5.32 Å². The Morgan fingerprint density at radius 3 is 2.50 bits per heavy atom. The highest BCUT2D eigenvalue weighted by Gasteiger charge is 2.38. The van der Waals surface area contributed by atoms with Gasteiger partial charge in [-0.3, -0.25) is 4.79 Å². The molecule has 1 aromatic rings. The zero-order chi connectivity index (χ0) is 16.3. The van der Waals surface area contributed by atoms with E-state index in [-0.39, 0.29) is 11.9 Å². The molecule has 2 rings (SSSR count). The minimum Gasteiger partial charge on any atom is -0.380 e. The number of carbonyl (C=O) groups is 2. The molecule has 0 unspecified atom stereocenters. The number of ether oxygens (including phenoxy) is 1. The molecule has 22 heavy (non-hydrogen) atoms. The van der Waals surface area contributed by atoms with E-state index >= 15 is 0 Å². The largest absolute Gasteiger partial charge is 0.380 e. The van der Waals surface area contributed by atoms with Crippen molar-refractivity contribution in [2.24, 2.45) is 0 Å². The molecule has 0 saturated heterocycles. The minimum absolute atomic E-state index is 0.196. The molecule has 120 valence electrons. The van der Waals surface area contributed by atoms with E-state index in [4.69, 9.17) is 4.74 Å². The molecule has 0 saturated carbocycles. The third-order valence-electron chi connectivity index (χ3n) is 3.35. The van der Waals surface area contributed by atoms with Crippen molar-refractivity contribution in [1.29, 1.82) is 0 Å². The van der Waals surface area contributed by atoms with Gasteiger partial charge in [0.25, 0.3) is 5.91 Å². The average molecular weight is 305 g/mol. The first-order valence-electron chi connectivity index (χ1n) is 7.46. The Balaban J connectivity index is 2.41. The topological polar surface area (TPSA) is 61.9 Å². The molecule has 0 radical (unpaired) electrons. The van der Waals surface area contributed by atoms with E-state index < -0.39 is 5.54 Å². The number of hydrogen-bond acceptors (Lipinski definition) is 3. The third-order valence-corrected chi connectivity index (χ3v) is 3.35. The molecule has 0 bridgehead atoms. The highest BCUT2D eigenvalue weighted by atomic mass is 16.5. The first-order valence-corrected chi connectivity index (χ1v) is 7.46. The number of benzene rings is 1. The van der Waals surface area contributed by atoms with Crippen LogP contribution in [0.4, 0.5) is 10.5 Å². The Hall–Kier alpha value is -2.08. The number of rotatable bonds is 4. The number of nitrogens with zero attached hydrogens (tertiary/aromatic N) is 2. The van der Waals surface area contributed by atoms with Crippen molar-refractivity contribution in [1.82, 2.24) is 10.0 Å². The van der Waals surface area contributed by atoms with Gasteiger partial charge in [0, 0.05) is 6.61 Å². The summed E-state index contributed by atoms with van der Waals surface area (Å²) in [4.78, 5) is 25.5. The summed E-state index contributed by atoms with van der Waals surface area (Å²) in [7, 11) is 0. The minimum atomic E-state index is -0.530. The molecule has 6 nitrogen and oxygen atoms in total. The molecule has 0 aliphatic carbocycles. The summed E-state index contributed by atoms with van der Waals surface area (Å²) in [6.45, 7) is 8.86. The Morgan fingerprint density at radius 1 is 1.18 bits per heavy atom. The molecule has 1 N–H and O–H groups in total. The number of hydrazine groups is 1. The first-order chi connectivity index (χ1) is 10.4. The lowest BCUT2D eigenvalue weighted by Crippen LogP contribution is -2.58. The van der Waals surface area contributed by atoms with E-state index in [9.17, 15) is 9.59 Å². The lowest BCUT2D eigenvalue weighted by molar-refractivity contribution is -0.0388. The van der Waals surface area contributed by atoms with Crippen LogP contribution in [0.25, 0.3) is 0 Å². The Morgan fingerprint density at radius 2 is 1.86 bits per heavy atom. The fourth-order valence-corrected chi connectivity index (χ4v) is 2.44. The number of hydrogen-bond donors (Lipinski definition) is 1. The van der Waals surface area contributed by atoms with Crippen LogP contribution in [0, 0.1) is 0 Å². The highest BCUT2D eigenvalue weighted by Crippen LogP contribution is 2.27. The van der Waals surface area contributed by atoms with Gasteiger partial charge in [-0.2, -0.15) is 0 Å². The van der Waals surface area contributed by atoms with Crippen molar-refractivity contribution in [2.45, 2.75) is 33.2 Å². The molecule has 0 fully saturated rings. The summed E-state index contributed by atoms with van der Waals surface area (Å²) in [5, 5.41) is 5.74. The van der Waals surface area contributed by atoms with Crippen molar-refractivity contribution < 1.29 is 14.3 Å². The van der Waals surface area contributed by atoms with Crippen molar-refractivity contribution in [3.63, 3.8) is 0 Å². The van der Waals surface area contributed by atoms with Gasteiger partial charge in [0.15, 0.2) is 0 Å². The van der Waals surface area contributed by atoms with E-state index in [1.807, 2.05) is 27.7 Å². The van der Waals surface area contributed by atoms with Gasteiger partial charge in [0.2, 0.25) is 0 Å². The van der Waals surface area contributed by atoms with Gasteiger partial charge in [-0.25, -0.2) is 14.8 Å². The zero-order valence-corrected chi connectivity index (χ0v) is 13.5. The van der Waals surface area contributed by atoms with Crippen LogP contribution in [0.3, 0.4) is 0 Å². The van der Waals surface area contributed by atoms with Crippen molar-refractivity contribution >= 4 is 17.6 Å². The van der Waals surface area contributed by atoms with Gasteiger partial charge < -0.3 is 10.1 Å². The molecule has 3 amide bonds. The van der Waals surface area contributed by atoms with E-state index in [1.54, 1.807) is 24.3 Å². The molecule has 1 aliphatic heterocycles. The number of amides is 3. The maximum atomic E-state index is 12.9. The second-order valence-electron chi connectivity index (χ2n) is 6.08. The molecule has 1 aromatic carbocycles. The second kappa shape index (κ2) is 6.36. The van der Waals surface area contributed by atoms with Gasteiger partial charge >= 0.3 is 6.03 Å². The zero-order valence-electron chi connectivity index (χ0n) is 13.5. The maximum Gasteiger partial charge on any atom is 0.340 e. The average Bonchev–Trinajstić information content (AvgIpc) is 2.55. The summed E-state index contributed by atoms with van der Waals surface area (Å²) in [6.07, 6.45) is 0. The van der Waals surface area contributed by atoms with Crippen molar-refractivity contribution in [3.05, 3.63) is 29.8 Å². The van der Waals surface area contributed by atoms with Crippen LogP contribution in [0.2, 0.25) is 0 Å². The predicted molar refractivity (Wildman–Crippen MR) is 84.6 cm³/mol. The van der Waals surface area contributed by atoms with E-state index in [0.29, 0.717) is 31.0 Å². The van der Waals surface area contributed by atoms with E-state index in [1.165, 1.54) is 10.0 Å². The first kappa shape index (κ1) is 16.3. The number of para-hydroxylation sites is 1. The van der Waals surface area contributed by atoms with Crippen LogP contribution >= 0.6 is 0 Å². The van der Waals surface area contributed by atoms with Gasteiger partial charge in [0.1, 0.15) is 0 Å². The summed E-state index contributed by atoms with van der Waals surface area (Å²) in [5.41, 5.74) is 0.494. The molecule has 1 aliphatic rings. The van der Waals surface area contributed by atoms with Crippen molar-refractivity contribution in [3.8, 4) is 0 Å². The third kappa shape index (κ3) is 3.22. The molecule has 0 atom stereocenters. The van der Waals surface area contributed by atoms with Gasteiger partial charge in [0.05, 0.1) is 29.9 Å². The van der Waals surface area contributed by atoms with Crippen LogP contribution in [-0.4, -0.2) is 47.3 Å². The standard InChI is InChI=1S/C16H23N3O3/c1-5-22-11-10-18-15(21)17-13-9-7-6-8-12(13)14(20)19(18)16(2,3)4/h6-9H,5,10-11H2,1-4H3,(H,17,21). The number of carbonyl (C=O) groups excluding carboxylic acids is 2. The summed E-state index contributed by atoms with van der Waals surface area (Å²) in [5.74, 6) is -0.196. The Bertz CT molecular complexity index is 566. The highest BCUT2D eigenvalue weighted by molar-refractivity contribution is 6.07. The maximum absolute atomic E-state index is 12.9. The number of fused-ring (bicyclic) bond motifs is 1. The summed E-state index contributed by atoms with van der Waals surface area (Å²) >= 11 is 0. The number of anilines is 1. The molecular weight excluding hydrogens is 282 g/mol. The molecule has 0 spiro atoms. The Kier molecular flexibility index (Phi) is 4.71. The monoisotopic (exact) mass is 305 g/mol. The second-order valence-corrected chi connectivity index (χ2v) is 6.08. The Labute approximate surface area is 131 Å². The smallest absolute Gasteiger partial charge is 0.340 e. The van der Waals surface area contributed by atoms with Crippen LogP contribution in [0.5, 0.6) is 0 Å².